The predicted molar refractivity (Wildman–Crippen MR) is 86.2 cm³/mol. The van der Waals surface area contributed by atoms with Gasteiger partial charge in [0.25, 0.3) is 0 Å². The Kier molecular flexibility index (Phi) is 4.68. The summed E-state index contributed by atoms with van der Waals surface area (Å²) in [5.41, 5.74) is 8.71. The number of benzene rings is 2. The Balaban J connectivity index is 2.10. The summed E-state index contributed by atoms with van der Waals surface area (Å²) in [6.07, 6.45) is 0. The SMILES string of the molecule is Cc1ccc(NCc2ccc(C(N)=O)cc2Cl)cc1Br. The van der Waals surface area contributed by atoms with Gasteiger partial charge in [0, 0.05) is 27.3 Å². The van der Waals surface area contributed by atoms with Crippen LogP contribution in [0.4, 0.5) is 5.69 Å². The first kappa shape index (κ1) is 14.9. The van der Waals surface area contributed by atoms with Crippen LogP contribution in [0.2, 0.25) is 5.02 Å². The smallest absolute Gasteiger partial charge is 0.248 e. The minimum absolute atomic E-state index is 0.414. The highest BCUT2D eigenvalue weighted by atomic mass is 79.9. The molecule has 3 N–H and O–H groups in total. The maximum absolute atomic E-state index is 11.1. The van der Waals surface area contributed by atoms with E-state index in [4.69, 9.17) is 17.3 Å². The normalized spacial score (nSPS) is 10.3. The molecule has 0 bridgehead atoms. The molecular formula is C15H14BrClN2O. The second-order valence-electron chi connectivity index (χ2n) is 4.49. The summed E-state index contributed by atoms with van der Waals surface area (Å²) in [7, 11) is 0. The number of carbonyl (C=O) groups excluding carboxylic acids is 1. The van der Waals surface area contributed by atoms with Gasteiger partial charge in [0.2, 0.25) is 5.91 Å². The third kappa shape index (κ3) is 3.52. The Hall–Kier alpha value is -1.52. The molecule has 2 aromatic rings. The molecule has 0 unspecified atom stereocenters. The zero-order chi connectivity index (χ0) is 14.7. The van der Waals surface area contributed by atoms with E-state index in [1.165, 1.54) is 5.56 Å². The van der Waals surface area contributed by atoms with Crippen LogP contribution >= 0.6 is 27.5 Å². The molecule has 0 fully saturated rings. The molecule has 20 heavy (non-hydrogen) atoms. The van der Waals surface area contributed by atoms with E-state index in [-0.39, 0.29) is 0 Å². The average molecular weight is 354 g/mol. The Morgan fingerprint density at radius 3 is 2.65 bits per heavy atom. The average Bonchev–Trinajstić information content (AvgIpc) is 2.41. The predicted octanol–water partition coefficient (Wildman–Crippen LogP) is 4.12. The van der Waals surface area contributed by atoms with Crippen LogP contribution in [-0.2, 0) is 6.54 Å². The van der Waals surface area contributed by atoms with Crippen LogP contribution < -0.4 is 11.1 Å². The van der Waals surface area contributed by atoms with E-state index in [2.05, 4.69) is 21.2 Å². The van der Waals surface area contributed by atoms with E-state index in [1.54, 1.807) is 18.2 Å². The van der Waals surface area contributed by atoms with Gasteiger partial charge in [-0.1, -0.05) is 39.7 Å². The fraction of sp³-hybridized carbons (Fsp3) is 0.133. The third-order valence-corrected chi connectivity index (χ3v) is 4.20. The van der Waals surface area contributed by atoms with E-state index in [0.717, 1.165) is 15.7 Å². The van der Waals surface area contributed by atoms with Crippen molar-refractivity contribution < 1.29 is 4.79 Å². The first-order valence-corrected chi connectivity index (χ1v) is 7.22. The summed E-state index contributed by atoms with van der Waals surface area (Å²) in [5.74, 6) is -0.478. The molecule has 0 aliphatic carbocycles. The van der Waals surface area contributed by atoms with Gasteiger partial charge in [-0.05, 0) is 42.3 Å². The van der Waals surface area contributed by atoms with Crippen LogP contribution in [0.15, 0.2) is 40.9 Å². The number of halogens is 2. The van der Waals surface area contributed by atoms with Gasteiger partial charge in [-0.15, -0.1) is 0 Å². The maximum Gasteiger partial charge on any atom is 0.248 e. The van der Waals surface area contributed by atoms with E-state index >= 15 is 0 Å². The summed E-state index contributed by atoms with van der Waals surface area (Å²) in [4.78, 5) is 11.1. The maximum atomic E-state index is 11.1. The van der Waals surface area contributed by atoms with Crippen molar-refractivity contribution in [3.05, 3.63) is 62.6 Å². The van der Waals surface area contributed by atoms with Crippen molar-refractivity contribution in [1.29, 1.82) is 0 Å². The molecule has 3 nitrogen and oxygen atoms in total. The third-order valence-electron chi connectivity index (χ3n) is 2.99. The second-order valence-corrected chi connectivity index (χ2v) is 5.75. The summed E-state index contributed by atoms with van der Waals surface area (Å²) in [5, 5.41) is 3.82. The number of amides is 1. The largest absolute Gasteiger partial charge is 0.381 e. The number of aryl methyl sites for hydroxylation is 1. The molecule has 5 heteroatoms. The van der Waals surface area contributed by atoms with Crippen LogP contribution in [0.25, 0.3) is 0 Å². The van der Waals surface area contributed by atoms with Crippen LogP contribution in [-0.4, -0.2) is 5.91 Å². The van der Waals surface area contributed by atoms with Gasteiger partial charge < -0.3 is 11.1 Å². The molecule has 2 rings (SSSR count). The lowest BCUT2D eigenvalue weighted by Gasteiger charge is -2.10. The highest BCUT2D eigenvalue weighted by Gasteiger charge is 2.06. The van der Waals surface area contributed by atoms with Gasteiger partial charge in [-0.25, -0.2) is 0 Å². The quantitative estimate of drug-likeness (QED) is 0.868. The van der Waals surface area contributed by atoms with Crippen LogP contribution in [0, 0.1) is 6.92 Å². The highest BCUT2D eigenvalue weighted by Crippen LogP contribution is 2.23. The standard InChI is InChI=1S/C15H14BrClN2O/c1-9-2-5-12(7-13(9)16)19-8-11-4-3-10(15(18)20)6-14(11)17/h2-7,19H,8H2,1H3,(H2,18,20). The molecular weight excluding hydrogens is 340 g/mol. The summed E-state index contributed by atoms with van der Waals surface area (Å²) in [6, 6.07) is 11.1. The van der Waals surface area contributed by atoms with Gasteiger partial charge in [0.05, 0.1) is 0 Å². The Morgan fingerprint density at radius 1 is 1.30 bits per heavy atom. The van der Waals surface area contributed by atoms with Crippen molar-refractivity contribution in [2.75, 3.05) is 5.32 Å². The fourth-order valence-corrected chi connectivity index (χ4v) is 2.37. The molecule has 2 aromatic carbocycles. The molecule has 0 heterocycles. The number of hydrogen-bond donors (Lipinski definition) is 2. The summed E-state index contributed by atoms with van der Waals surface area (Å²) >= 11 is 9.63. The minimum atomic E-state index is -0.478. The summed E-state index contributed by atoms with van der Waals surface area (Å²) < 4.78 is 1.05. The molecule has 0 atom stereocenters. The molecule has 0 aromatic heterocycles. The van der Waals surface area contributed by atoms with Crippen LogP contribution in [0.1, 0.15) is 21.5 Å². The van der Waals surface area contributed by atoms with E-state index in [1.807, 2.05) is 25.1 Å². The molecule has 0 aliphatic heterocycles. The number of nitrogens with two attached hydrogens (primary N) is 1. The highest BCUT2D eigenvalue weighted by molar-refractivity contribution is 9.10. The molecule has 0 saturated heterocycles. The lowest BCUT2D eigenvalue weighted by molar-refractivity contribution is 0.100. The zero-order valence-electron chi connectivity index (χ0n) is 10.9. The second kappa shape index (κ2) is 6.29. The van der Waals surface area contributed by atoms with Crippen molar-refractivity contribution in [1.82, 2.24) is 0 Å². The van der Waals surface area contributed by atoms with Gasteiger partial charge >= 0.3 is 0 Å². The lowest BCUT2D eigenvalue weighted by atomic mass is 10.1. The minimum Gasteiger partial charge on any atom is -0.381 e. The number of primary amides is 1. The molecule has 0 aliphatic rings. The van der Waals surface area contributed by atoms with Crippen LogP contribution in [0.5, 0.6) is 0 Å². The lowest BCUT2D eigenvalue weighted by Crippen LogP contribution is -2.11. The number of hydrogen-bond acceptors (Lipinski definition) is 2. The number of carbonyl (C=O) groups is 1. The van der Waals surface area contributed by atoms with Crippen molar-refractivity contribution in [2.24, 2.45) is 5.73 Å². The molecule has 104 valence electrons. The first-order valence-electron chi connectivity index (χ1n) is 6.05. The van der Waals surface area contributed by atoms with E-state index < -0.39 is 5.91 Å². The zero-order valence-corrected chi connectivity index (χ0v) is 13.3. The topological polar surface area (TPSA) is 55.1 Å². The molecule has 1 amide bonds. The Morgan fingerprint density at radius 2 is 2.05 bits per heavy atom. The van der Waals surface area contributed by atoms with E-state index in [9.17, 15) is 4.79 Å². The van der Waals surface area contributed by atoms with Gasteiger partial charge in [-0.2, -0.15) is 0 Å². The fourth-order valence-electron chi connectivity index (χ4n) is 1.74. The van der Waals surface area contributed by atoms with Gasteiger partial charge in [0.1, 0.15) is 0 Å². The number of rotatable bonds is 4. The molecule has 0 saturated carbocycles. The first-order chi connectivity index (χ1) is 9.47. The Bertz CT molecular complexity index is 658. The monoisotopic (exact) mass is 352 g/mol. The molecule has 0 radical (unpaired) electrons. The van der Waals surface area contributed by atoms with Crippen molar-refractivity contribution in [3.8, 4) is 0 Å². The van der Waals surface area contributed by atoms with Crippen molar-refractivity contribution in [2.45, 2.75) is 13.5 Å². The number of nitrogens with one attached hydrogen (secondary N) is 1. The van der Waals surface area contributed by atoms with Gasteiger partial charge in [0.15, 0.2) is 0 Å². The van der Waals surface area contributed by atoms with Crippen LogP contribution in [0.3, 0.4) is 0 Å². The summed E-state index contributed by atoms with van der Waals surface area (Å²) in [6.45, 7) is 2.61. The van der Waals surface area contributed by atoms with Crippen molar-refractivity contribution >= 4 is 39.1 Å². The number of anilines is 1. The molecule has 0 spiro atoms. The van der Waals surface area contributed by atoms with Gasteiger partial charge in [-0.3, -0.25) is 4.79 Å². The van der Waals surface area contributed by atoms with Crippen molar-refractivity contribution in [3.63, 3.8) is 0 Å². The van der Waals surface area contributed by atoms with E-state index in [0.29, 0.717) is 17.1 Å². The Labute approximate surface area is 131 Å².